The molecule has 6 nitrogen and oxygen atoms in total. The maximum absolute atomic E-state index is 10.3. The zero-order valence-corrected chi connectivity index (χ0v) is 13.2. The summed E-state index contributed by atoms with van der Waals surface area (Å²) in [5.74, 6) is -0.429. The van der Waals surface area contributed by atoms with Crippen molar-refractivity contribution >= 4 is 12.6 Å². The molecule has 0 aliphatic heterocycles. The van der Waals surface area contributed by atoms with Gasteiger partial charge in [-0.3, -0.25) is 9.59 Å². The molecule has 6 heteroatoms. The molecule has 2 rings (SSSR count). The normalized spacial score (nSPS) is 8.65. The van der Waals surface area contributed by atoms with E-state index >= 15 is 0 Å². The van der Waals surface area contributed by atoms with Crippen molar-refractivity contribution in [1.82, 2.24) is 0 Å². The predicted octanol–water partition coefficient (Wildman–Crippen LogP) is 3.15. The number of carbonyl (C=O) groups excluding carboxylic acids is 2. The number of aromatic hydroxyl groups is 3. The Kier molecular flexibility index (Phi) is 9.27. The number of para-hydroxylation sites is 2. The fourth-order valence-electron chi connectivity index (χ4n) is 1.44. The van der Waals surface area contributed by atoms with Crippen LogP contribution in [-0.2, 0) is 0 Å². The van der Waals surface area contributed by atoms with Crippen LogP contribution < -0.4 is 4.74 Å². The van der Waals surface area contributed by atoms with Gasteiger partial charge < -0.3 is 20.1 Å². The first kappa shape index (κ1) is 20.0. The second-order valence-corrected chi connectivity index (χ2v) is 3.85. The van der Waals surface area contributed by atoms with Gasteiger partial charge in [0.2, 0.25) is 0 Å². The van der Waals surface area contributed by atoms with Gasteiger partial charge in [0.25, 0.3) is 0 Å². The van der Waals surface area contributed by atoms with Crippen molar-refractivity contribution in [2.45, 2.75) is 13.8 Å². The Labute approximate surface area is 134 Å². The molecular formula is C17H20O6. The van der Waals surface area contributed by atoms with Crippen molar-refractivity contribution < 1.29 is 29.6 Å². The maximum atomic E-state index is 10.3. The molecule has 0 spiro atoms. The highest BCUT2D eigenvalue weighted by molar-refractivity contribution is 5.81. The lowest BCUT2D eigenvalue weighted by Crippen LogP contribution is -1.86. The molecule has 0 heterocycles. The van der Waals surface area contributed by atoms with Crippen LogP contribution in [0.1, 0.15) is 34.6 Å². The quantitative estimate of drug-likeness (QED) is 0.593. The lowest BCUT2D eigenvalue weighted by molar-refractivity contribution is 0.111. The van der Waals surface area contributed by atoms with Gasteiger partial charge in [-0.2, -0.15) is 0 Å². The molecule has 0 radical (unpaired) electrons. The van der Waals surface area contributed by atoms with Gasteiger partial charge in [0.1, 0.15) is 0 Å². The van der Waals surface area contributed by atoms with Crippen LogP contribution >= 0.6 is 0 Å². The summed E-state index contributed by atoms with van der Waals surface area (Å²) in [5.41, 5.74) is 0.337. The molecule has 23 heavy (non-hydrogen) atoms. The summed E-state index contributed by atoms with van der Waals surface area (Å²) in [7, 11) is 1.43. The number of ether oxygens (including phenoxy) is 1. The fraction of sp³-hybridized carbons (Fsp3) is 0.176. The van der Waals surface area contributed by atoms with Crippen molar-refractivity contribution in [3.63, 3.8) is 0 Å². The third-order valence-corrected chi connectivity index (χ3v) is 2.55. The number of phenolic OH excluding ortho intramolecular Hbond substituents is 3. The second kappa shape index (κ2) is 10.7. The van der Waals surface area contributed by atoms with E-state index in [0.29, 0.717) is 18.3 Å². The van der Waals surface area contributed by atoms with E-state index in [1.807, 2.05) is 13.8 Å². The van der Waals surface area contributed by atoms with Crippen molar-refractivity contribution in [1.29, 1.82) is 0 Å². The molecule has 124 valence electrons. The largest absolute Gasteiger partial charge is 0.504 e. The number of methoxy groups -OCH3 is 1. The summed E-state index contributed by atoms with van der Waals surface area (Å²) in [4.78, 5) is 20.4. The van der Waals surface area contributed by atoms with Crippen LogP contribution in [0, 0.1) is 0 Å². The third-order valence-electron chi connectivity index (χ3n) is 2.55. The molecule has 0 saturated heterocycles. The van der Waals surface area contributed by atoms with E-state index in [2.05, 4.69) is 0 Å². The first-order valence-electron chi connectivity index (χ1n) is 6.82. The van der Waals surface area contributed by atoms with Crippen LogP contribution in [0.2, 0.25) is 0 Å². The first-order chi connectivity index (χ1) is 11.0. The summed E-state index contributed by atoms with van der Waals surface area (Å²) in [6, 6.07) is 8.96. The molecule has 0 fully saturated rings. The van der Waals surface area contributed by atoms with E-state index in [-0.39, 0.29) is 28.4 Å². The molecule has 0 saturated carbocycles. The summed E-state index contributed by atoms with van der Waals surface area (Å²) in [6.07, 6.45) is 1.06. The van der Waals surface area contributed by atoms with Crippen molar-refractivity contribution in [2.75, 3.05) is 7.11 Å². The number of phenols is 3. The molecule has 2 aromatic carbocycles. The number of carbonyl (C=O) groups is 2. The van der Waals surface area contributed by atoms with E-state index in [0.717, 1.165) is 0 Å². The van der Waals surface area contributed by atoms with Gasteiger partial charge in [-0.25, -0.2) is 0 Å². The van der Waals surface area contributed by atoms with Crippen LogP contribution in [-0.4, -0.2) is 35.0 Å². The molecule has 0 aliphatic carbocycles. The molecule has 0 unspecified atom stereocenters. The van der Waals surface area contributed by atoms with Gasteiger partial charge in [-0.1, -0.05) is 26.0 Å². The van der Waals surface area contributed by atoms with Crippen LogP contribution in [0.15, 0.2) is 36.4 Å². The Bertz CT molecular complexity index is 637. The van der Waals surface area contributed by atoms with Gasteiger partial charge in [-0.05, 0) is 24.3 Å². The minimum atomic E-state index is -0.363. The van der Waals surface area contributed by atoms with Gasteiger partial charge in [0, 0.05) is 0 Å². The molecule has 0 atom stereocenters. The highest BCUT2D eigenvalue weighted by Gasteiger charge is 2.04. The van der Waals surface area contributed by atoms with Crippen LogP contribution in [0.4, 0.5) is 0 Å². The summed E-state index contributed by atoms with van der Waals surface area (Å²) in [5, 5.41) is 27.0. The van der Waals surface area contributed by atoms with Gasteiger partial charge in [-0.15, -0.1) is 0 Å². The summed E-state index contributed by atoms with van der Waals surface area (Å²) in [6.45, 7) is 4.00. The Hall–Kier alpha value is -3.02. The highest BCUT2D eigenvalue weighted by atomic mass is 16.5. The highest BCUT2D eigenvalue weighted by Crippen LogP contribution is 2.27. The van der Waals surface area contributed by atoms with Gasteiger partial charge >= 0.3 is 0 Å². The number of benzene rings is 2. The number of hydrogen-bond donors (Lipinski definition) is 3. The molecular weight excluding hydrogens is 300 g/mol. The third kappa shape index (κ3) is 5.70. The van der Waals surface area contributed by atoms with Crippen LogP contribution in [0.5, 0.6) is 23.0 Å². The molecule has 2 aromatic rings. The van der Waals surface area contributed by atoms with Crippen molar-refractivity contribution in [3.05, 3.63) is 47.5 Å². The van der Waals surface area contributed by atoms with Gasteiger partial charge in [0.05, 0.1) is 18.2 Å². The average Bonchev–Trinajstić information content (AvgIpc) is 2.60. The summed E-state index contributed by atoms with van der Waals surface area (Å²) < 4.78 is 4.78. The standard InChI is InChI=1S/C8H8O3.C7H6O3.C2H6/c1-11-7-4-2-3-6(5-9)8(7)10;8-4-5-2-1-3-6(9)7(5)10;1-2/h2-5,10H,1H3;1-4,9-10H;1-2H3. The average molecular weight is 320 g/mol. The number of aldehydes is 2. The Balaban J connectivity index is 0.000000381. The smallest absolute Gasteiger partial charge is 0.168 e. The lowest BCUT2D eigenvalue weighted by atomic mass is 10.2. The maximum Gasteiger partial charge on any atom is 0.168 e. The molecule has 0 aliphatic rings. The minimum Gasteiger partial charge on any atom is -0.504 e. The Morgan fingerprint density at radius 3 is 1.74 bits per heavy atom. The van der Waals surface area contributed by atoms with Crippen molar-refractivity contribution in [3.8, 4) is 23.0 Å². The second-order valence-electron chi connectivity index (χ2n) is 3.85. The zero-order chi connectivity index (χ0) is 17.8. The van der Waals surface area contributed by atoms with E-state index in [9.17, 15) is 14.7 Å². The van der Waals surface area contributed by atoms with Crippen molar-refractivity contribution in [2.24, 2.45) is 0 Å². The van der Waals surface area contributed by atoms with Crippen LogP contribution in [0.3, 0.4) is 0 Å². The predicted molar refractivity (Wildman–Crippen MR) is 86.6 cm³/mol. The van der Waals surface area contributed by atoms with E-state index < -0.39 is 0 Å². The number of hydrogen-bond acceptors (Lipinski definition) is 6. The lowest BCUT2D eigenvalue weighted by Gasteiger charge is -2.02. The first-order valence-corrected chi connectivity index (χ1v) is 6.82. The monoisotopic (exact) mass is 320 g/mol. The van der Waals surface area contributed by atoms with E-state index in [1.165, 1.54) is 31.4 Å². The molecule has 0 aromatic heterocycles. The summed E-state index contributed by atoms with van der Waals surface area (Å²) >= 11 is 0. The van der Waals surface area contributed by atoms with E-state index in [1.54, 1.807) is 12.1 Å². The Morgan fingerprint density at radius 2 is 1.30 bits per heavy atom. The van der Waals surface area contributed by atoms with Crippen LogP contribution in [0.25, 0.3) is 0 Å². The fourth-order valence-corrected chi connectivity index (χ4v) is 1.44. The zero-order valence-electron chi connectivity index (χ0n) is 13.2. The number of rotatable bonds is 3. The minimum absolute atomic E-state index is 0.0972. The molecule has 0 bridgehead atoms. The molecule has 0 amide bonds. The van der Waals surface area contributed by atoms with Gasteiger partial charge in [0.15, 0.2) is 35.6 Å². The topological polar surface area (TPSA) is 104 Å². The Morgan fingerprint density at radius 1 is 0.826 bits per heavy atom. The SMILES string of the molecule is CC.COc1cccc(C=O)c1O.O=Cc1cccc(O)c1O. The van der Waals surface area contributed by atoms with E-state index in [4.69, 9.17) is 14.9 Å². The molecule has 3 N–H and O–H groups in total.